The fourth-order valence-corrected chi connectivity index (χ4v) is 8.90. The summed E-state index contributed by atoms with van der Waals surface area (Å²) in [6.45, 7) is 14.2. The van der Waals surface area contributed by atoms with Crippen molar-refractivity contribution in [3.63, 3.8) is 0 Å². The molecule has 0 radical (unpaired) electrons. The molecule has 0 aliphatic rings. The first-order valence-corrected chi connectivity index (χ1v) is 11.2. The van der Waals surface area contributed by atoms with Crippen LogP contribution in [0.1, 0.15) is 66.4 Å². The Morgan fingerprint density at radius 1 is 0.783 bits per heavy atom. The SMILES string of the molecule is CC(C)[Si](C#CCCCC#Cc1ccccc1)(C(C)C)C(C)C. The van der Waals surface area contributed by atoms with Crippen LogP contribution in [-0.2, 0) is 0 Å². The summed E-state index contributed by atoms with van der Waals surface area (Å²) in [5.74, 6) is 9.99. The van der Waals surface area contributed by atoms with Crippen molar-refractivity contribution in [3.8, 4) is 23.3 Å². The lowest BCUT2D eigenvalue weighted by Gasteiger charge is -2.38. The minimum Gasteiger partial charge on any atom is -0.130 e. The van der Waals surface area contributed by atoms with Gasteiger partial charge in [0.15, 0.2) is 0 Å². The number of benzene rings is 1. The van der Waals surface area contributed by atoms with Gasteiger partial charge in [-0.3, -0.25) is 0 Å². The summed E-state index contributed by atoms with van der Waals surface area (Å²) in [6, 6.07) is 10.2. The van der Waals surface area contributed by atoms with Crippen LogP contribution in [0.5, 0.6) is 0 Å². The van der Waals surface area contributed by atoms with Crippen molar-refractivity contribution >= 4 is 8.07 Å². The Labute approximate surface area is 145 Å². The highest BCUT2D eigenvalue weighted by Crippen LogP contribution is 2.40. The first-order valence-electron chi connectivity index (χ1n) is 8.95. The molecule has 1 aromatic rings. The summed E-state index contributed by atoms with van der Waals surface area (Å²) >= 11 is 0. The van der Waals surface area contributed by atoms with E-state index in [0.29, 0.717) is 16.6 Å². The van der Waals surface area contributed by atoms with Crippen molar-refractivity contribution in [3.05, 3.63) is 35.9 Å². The first kappa shape index (κ1) is 19.6. The molecular weight excluding hydrogens is 292 g/mol. The van der Waals surface area contributed by atoms with Crippen molar-refractivity contribution in [1.29, 1.82) is 0 Å². The topological polar surface area (TPSA) is 0 Å². The zero-order valence-electron chi connectivity index (χ0n) is 15.7. The Kier molecular flexibility index (Phi) is 8.22. The Balaban J connectivity index is 2.58. The van der Waals surface area contributed by atoms with Crippen LogP contribution < -0.4 is 0 Å². The van der Waals surface area contributed by atoms with Gasteiger partial charge in [0, 0.05) is 18.4 Å². The average molecular weight is 325 g/mol. The molecule has 0 aromatic heterocycles. The van der Waals surface area contributed by atoms with Crippen LogP contribution in [-0.4, -0.2) is 8.07 Å². The number of hydrogen-bond donors (Lipinski definition) is 0. The maximum atomic E-state index is 3.78. The van der Waals surface area contributed by atoms with Crippen LogP contribution in [0.2, 0.25) is 16.6 Å². The number of unbranched alkanes of at least 4 members (excludes halogenated alkanes) is 2. The van der Waals surface area contributed by atoms with Gasteiger partial charge in [0.25, 0.3) is 0 Å². The van der Waals surface area contributed by atoms with Gasteiger partial charge < -0.3 is 0 Å². The fraction of sp³-hybridized carbons (Fsp3) is 0.545. The van der Waals surface area contributed by atoms with E-state index in [1.54, 1.807) is 0 Å². The Morgan fingerprint density at radius 2 is 1.30 bits per heavy atom. The molecule has 0 atom stereocenters. The normalized spacial score (nSPS) is 11.2. The predicted octanol–water partition coefficient (Wildman–Crippen LogP) is 6.43. The molecule has 0 saturated heterocycles. The van der Waals surface area contributed by atoms with Crippen LogP contribution in [0.25, 0.3) is 0 Å². The number of rotatable bonds is 5. The molecule has 0 aliphatic heterocycles. The van der Waals surface area contributed by atoms with E-state index in [-0.39, 0.29) is 0 Å². The van der Waals surface area contributed by atoms with Crippen molar-refractivity contribution in [2.24, 2.45) is 0 Å². The third kappa shape index (κ3) is 5.60. The maximum Gasteiger partial charge on any atom is 0.145 e. The van der Waals surface area contributed by atoms with Crippen LogP contribution >= 0.6 is 0 Å². The van der Waals surface area contributed by atoms with E-state index < -0.39 is 8.07 Å². The molecule has 23 heavy (non-hydrogen) atoms. The Morgan fingerprint density at radius 3 is 1.83 bits per heavy atom. The van der Waals surface area contributed by atoms with Gasteiger partial charge in [-0.05, 0) is 35.2 Å². The van der Waals surface area contributed by atoms with Crippen LogP contribution in [0.15, 0.2) is 30.3 Å². The highest BCUT2D eigenvalue weighted by molar-refractivity contribution is 6.90. The third-order valence-corrected chi connectivity index (χ3v) is 11.1. The van der Waals surface area contributed by atoms with Crippen molar-refractivity contribution < 1.29 is 0 Å². The van der Waals surface area contributed by atoms with E-state index in [4.69, 9.17) is 0 Å². The largest absolute Gasteiger partial charge is 0.145 e. The summed E-state index contributed by atoms with van der Waals surface area (Å²) in [4.78, 5) is 0. The van der Waals surface area contributed by atoms with Crippen LogP contribution in [0, 0.1) is 23.3 Å². The van der Waals surface area contributed by atoms with Gasteiger partial charge in [-0.25, -0.2) is 0 Å². The molecule has 1 heteroatoms. The van der Waals surface area contributed by atoms with Gasteiger partial charge in [0.2, 0.25) is 0 Å². The van der Waals surface area contributed by atoms with Gasteiger partial charge in [-0.1, -0.05) is 71.6 Å². The second-order valence-corrected chi connectivity index (χ2v) is 12.8. The lowest BCUT2D eigenvalue weighted by Crippen LogP contribution is -2.43. The standard InChI is InChI=1S/C22H32Si/c1-19(2)23(20(3)4,21(5)6)18-14-9-7-8-11-15-22-16-12-10-13-17-22/h10,12-13,16-17,19-21H,7-9H2,1-6H3. The fourth-order valence-electron chi connectivity index (χ4n) is 3.60. The second kappa shape index (κ2) is 9.64. The molecule has 0 N–H and O–H groups in total. The third-order valence-electron chi connectivity index (χ3n) is 4.78. The smallest absolute Gasteiger partial charge is 0.130 e. The van der Waals surface area contributed by atoms with Gasteiger partial charge in [-0.15, -0.1) is 11.5 Å². The van der Waals surface area contributed by atoms with E-state index in [9.17, 15) is 0 Å². The summed E-state index contributed by atoms with van der Waals surface area (Å²) < 4.78 is 0. The Hall–Kier alpha value is -1.44. The molecule has 0 spiro atoms. The average Bonchev–Trinajstić information content (AvgIpc) is 2.50. The second-order valence-electron chi connectivity index (χ2n) is 7.22. The maximum absolute atomic E-state index is 3.78. The molecule has 1 rings (SSSR count). The summed E-state index contributed by atoms with van der Waals surface area (Å²) in [5.41, 5.74) is 7.03. The highest BCUT2D eigenvalue weighted by Gasteiger charge is 2.41. The molecular formula is C22H32Si. The predicted molar refractivity (Wildman–Crippen MR) is 106 cm³/mol. The van der Waals surface area contributed by atoms with Gasteiger partial charge in [-0.2, -0.15) is 0 Å². The highest BCUT2D eigenvalue weighted by atomic mass is 28.3. The Bertz CT molecular complexity index is 551. The van der Waals surface area contributed by atoms with Crippen LogP contribution in [0.4, 0.5) is 0 Å². The minimum atomic E-state index is -1.55. The quantitative estimate of drug-likeness (QED) is 0.332. The number of hydrogen-bond acceptors (Lipinski definition) is 0. The van der Waals surface area contributed by atoms with E-state index in [2.05, 4.69) is 77.0 Å². The van der Waals surface area contributed by atoms with Gasteiger partial charge in [0.05, 0.1) is 0 Å². The molecule has 1 aromatic carbocycles. The monoisotopic (exact) mass is 324 g/mol. The lowest BCUT2D eigenvalue weighted by molar-refractivity contribution is 0.837. The summed E-state index contributed by atoms with van der Waals surface area (Å²) in [6.07, 6.45) is 2.99. The van der Waals surface area contributed by atoms with Crippen molar-refractivity contribution in [1.82, 2.24) is 0 Å². The molecule has 124 valence electrons. The van der Waals surface area contributed by atoms with Gasteiger partial charge in [0.1, 0.15) is 8.07 Å². The van der Waals surface area contributed by atoms with Gasteiger partial charge >= 0.3 is 0 Å². The molecule has 0 unspecified atom stereocenters. The van der Waals surface area contributed by atoms with Crippen molar-refractivity contribution in [2.45, 2.75) is 77.4 Å². The molecule has 0 bridgehead atoms. The molecule has 0 aliphatic carbocycles. The first-order chi connectivity index (χ1) is 10.9. The zero-order chi connectivity index (χ0) is 17.3. The van der Waals surface area contributed by atoms with E-state index >= 15 is 0 Å². The van der Waals surface area contributed by atoms with Crippen LogP contribution in [0.3, 0.4) is 0 Å². The van der Waals surface area contributed by atoms with E-state index in [1.165, 1.54) is 0 Å². The zero-order valence-corrected chi connectivity index (χ0v) is 16.7. The molecule has 0 nitrogen and oxygen atoms in total. The molecule has 0 saturated carbocycles. The summed E-state index contributed by atoms with van der Waals surface area (Å²) in [7, 11) is -1.55. The van der Waals surface area contributed by atoms with Crippen molar-refractivity contribution in [2.75, 3.05) is 0 Å². The summed E-state index contributed by atoms with van der Waals surface area (Å²) in [5, 5.41) is 0. The molecule has 0 fully saturated rings. The van der Waals surface area contributed by atoms with E-state index in [0.717, 1.165) is 24.8 Å². The lowest BCUT2D eigenvalue weighted by atomic mass is 10.2. The van der Waals surface area contributed by atoms with E-state index in [1.807, 2.05) is 18.2 Å². The minimum absolute atomic E-state index is 0.716. The molecule has 0 heterocycles. The molecule has 0 amide bonds.